The van der Waals surface area contributed by atoms with E-state index in [0.29, 0.717) is 11.3 Å². The number of ether oxygens (including phenoxy) is 1. The summed E-state index contributed by atoms with van der Waals surface area (Å²) in [6.45, 7) is 0.117. The Morgan fingerprint density at radius 1 is 1.20 bits per heavy atom. The van der Waals surface area contributed by atoms with Gasteiger partial charge in [0.25, 0.3) is 0 Å². The van der Waals surface area contributed by atoms with Gasteiger partial charge in [-0.3, -0.25) is 4.79 Å². The molecule has 8 nitrogen and oxygen atoms in total. The average Bonchev–Trinajstić information content (AvgIpc) is 2.36. The van der Waals surface area contributed by atoms with Crippen LogP contribution in [0.5, 0.6) is 0 Å². The molecule has 5 N–H and O–H groups in total. The van der Waals surface area contributed by atoms with Crippen molar-refractivity contribution in [3.63, 3.8) is 0 Å². The summed E-state index contributed by atoms with van der Waals surface area (Å²) in [5, 5.41) is 13.6. The molecule has 0 radical (unpaired) electrons. The molecule has 0 saturated carbocycles. The van der Waals surface area contributed by atoms with E-state index >= 15 is 0 Å². The molecule has 0 saturated heterocycles. The molecule has 0 aromatic heterocycles. The standard InChI is InChI=1S/C12H15N3O5/c13-11(18)20-6-5-14-12(19)15-9-3-1-8(2-4-9)7-10(16)17/h1-4H,5-7H2,(H2,13,18)(H,16,17)(H2,14,15,19). The molecule has 3 amide bonds. The number of carbonyl (C=O) groups is 3. The average molecular weight is 281 g/mol. The number of hydrogen-bond acceptors (Lipinski definition) is 4. The zero-order valence-electron chi connectivity index (χ0n) is 10.6. The second-order valence-electron chi connectivity index (χ2n) is 3.82. The molecule has 1 aromatic carbocycles. The normalized spacial score (nSPS) is 9.60. The molecule has 0 spiro atoms. The number of carbonyl (C=O) groups excluding carboxylic acids is 2. The molecule has 0 heterocycles. The van der Waals surface area contributed by atoms with Crippen molar-refractivity contribution in [3.05, 3.63) is 29.8 Å². The van der Waals surface area contributed by atoms with Crippen molar-refractivity contribution in [3.8, 4) is 0 Å². The highest BCUT2D eigenvalue weighted by Gasteiger charge is 2.03. The second kappa shape index (κ2) is 7.62. The zero-order valence-corrected chi connectivity index (χ0v) is 10.6. The zero-order chi connectivity index (χ0) is 15.0. The number of hydrogen-bond donors (Lipinski definition) is 4. The van der Waals surface area contributed by atoms with E-state index in [1.807, 2.05) is 0 Å². The quantitative estimate of drug-likeness (QED) is 0.565. The summed E-state index contributed by atoms with van der Waals surface area (Å²) in [5.41, 5.74) is 5.91. The van der Waals surface area contributed by atoms with Crippen LogP contribution in [-0.4, -0.2) is 36.4 Å². The van der Waals surface area contributed by atoms with Gasteiger partial charge in [0.2, 0.25) is 0 Å². The Bertz CT molecular complexity index is 486. The number of urea groups is 1. The van der Waals surface area contributed by atoms with Gasteiger partial charge in [0.1, 0.15) is 6.61 Å². The second-order valence-corrected chi connectivity index (χ2v) is 3.82. The van der Waals surface area contributed by atoms with Crippen LogP contribution in [0.25, 0.3) is 0 Å². The van der Waals surface area contributed by atoms with Crippen LogP contribution in [0, 0.1) is 0 Å². The molecule has 0 aliphatic rings. The lowest BCUT2D eigenvalue weighted by molar-refractivity contribution is -0.136. The van der Waals surface area contributed by atoms with Crippen molar-refractivity contribution in [1.29, 1.82) is 0 Å². The first-order chi connectivity index (χ1) is 9.47. The largest absolute Gasteiger partial charge is 0.481 e. The molecule has 1 aromatic rings. The van der Waals surface area contributed by atoms with E-state index in [1.165, 1.54) is 0 Å². The van der Waals surface area contributed by atoms with E-state index in [2.05, 4.69) is 15.4 Å². The number of nitrogens with two attached hydrogens (primary N) is 1. The van der Waals surface area contributed by atoms with Gasteiger partial charge in [-0.05, 0) is 17.7 Å². The summed E-state index contributed by atoms with van der Waals surface area (Å²) in [5.74, 6) is -0.919. The summed E-state index contributed by atoms with van der Waals surface area (Å²) in [4.78, 5) is 32.2. The first kappa shape index (κ1) is 15.3. The number of amides is 3. The molecule has 8 heteroatoms. The van der Waals surface area contributed by atoms with Crippen LogP contribution in [-0.2, 0) is 16.0 Å². The molecule has 0 fully saturated rings. The minimum absolute atomic E-state index is 0.0136. The number of anilines is 1. The molecule has 108 valence electrons. The fourth-order valence-corrected chi connectivity index (χ4v) is 1.37. The Balaban J connectivity index is 2.34. The highest BCUT2D eigenvalue weighted by molar-refractivity contribution is 5.89. The maximum atomic E-state index is 11.4. The van der Waals surface area contributed by atoms with Gasteiger partial charge >= 0.3 is 18.1 Å². The molecule has 0 bridgehead atoms. The number of carboxylic acids is 1. The summed E-state index contributed by atoms with van der Waals surface area (Å²) in [6, 6.07) is 5.94. The van der Waals surface area contributed by atoms with Gasteiger partial charge in [0.15, 0.2) is 0 Å². The van der Waals surface area contributed by atoms with E-state index in [-0.39, 0.29) is 19.6 Å². The maximum Gasteiger partial charge on any atom is 0.404 e. The molecule has 0 unspecified atom stereocenters. The third-order valence-corrected chi connectivity index (χ3v) is 2.20. The summed E-state index contributed by atoms with van der Waals surface area (Å²) in [6.07, 6.45) is -0.974. The first-order valence-electron chi connectivity index (χ1n) is 5.75. The molecule has 0 aliphatic carbocycles. The van der Waals surface area contributed by atoms with Gasteiger partial charge in [-0.1, -0.05) is 12.1 Å². The lowest BCUT2D eigenvalue weighted by Gasteiger charge is -2.08. The maximum absolute atomic E-state index is 11.4. The highest BCUT2D eigenvalue weighted by atomic mass is 16.5. The fraction of sp³-hybridized carbons (Fsp3) is 0.250. The molecule has 0 atom stereocenters. The third kappa shape index (κ3) is 6.24. The number of nitrogens with one attached hydrogen (secondary N) is 2. The lowest BCUT2D eigenvalue weighted by Crippen LogP contribution is -2.32. The van der Waals surface area contributed by atoms with Crippen LogP contribution in [0.3, 0.4) is 0 Å². The summed E-state index contributed by atoms with van der Waals surface area (Å²) < 4.78 is 4.44. The molecular formula is C12H15N3O5. The molecule has 1 rings (SSSR count). The van der Waals surface area contributed by atoms with Crippen molar-refractivity contribution < 1.29 is 24.2 Å². The van der Waals surface area contributed by atoms with E-state index in [9.17, 15) is 14.4 Å². The Kier molecular flexibility index (Phi) is 5.82. The van der Waals surface area contributed by atoms with E-state index in [0.717, 1.165) is 0 Å². The number of aliphatic carboxylic acids is 1. The van der Waals surface area contributed by atoms with Gasteiger partial charge < -0.3 is 26.2 Å². The number of benzene rings is 1. The van der Waals surface area contributed by atoms with Gasteiger partial charge in [0, 0.05) is 5.69 Å². The SMILES string of the molecule is NC(=O)OCCNC(=O)Nc1ccc(CC(=O)O)cc1. The minimum Gasteiger partial charge on any atom is -0.481 e. The van der Waals surface area contributed by atoms with Crippen LogP contribution < -0.4 is 16.4 Å². The van der Waals surface area contributed by atoms with E-state index in [1.54, 1.807) is 24.3 Å². The van der Waals surface area contributed by atoms with E-state index < -0.39 is 18.1 Å². The monoisotopic (exact) mass is 281 g/mol. The highest BCUT2D eigenvalue weighted by Crippen LogP contribution is 2.09. The number of primary amides is 1. The smallest absolute Gasteiger partial charge is 0.404 e. The Labute approximate surface area is 114 Å². The number of carboxylic acid groups (broad SMARTS) is 1. The van der Waals surface area contributed by atoms with Gasteiger partial charge in [-0.2, -0.15) is 0 Å². The molecular weight excluding hydrogens is 266 g/mol. The minimum atomic E-state index is -0.919. The topological polar surface area (TPSA) is 131 Å². The molecule has 20 heavy (non-hydrogen) atoms. The summed E-state index contributed by atoms with van der Waals surface area (Å²) in [7, 11) is 0. The summed E-state index contributed by atoms with van der Waals surface area (Å²) >= 11 is 0. The van der Waals surface area contributed by atoms with Crippen molar-refractivity contribution in [1.82, 2.24) is 5.32 Å². The van der Waals surface area contributed by atoms with E-state index in [4.69, 9.17) is 10.8 Å². The predicted molar refractivity (Wildman–Crippen MR) is 70.3 cm³/mol. The van der Waals surface area contributed by atoms with Crippen LogP contribution >= 0.6 is 0 Å². The predicted octanol–water partition coefficient (Wildman–Crippen LogP) is 0.530. The third-order valence-electron chi connectivity index (χ3n) is 2.20. The Morgan fingerprint density at radius 3 is 2.40 bits per heavy atom. The first-order valence-corrected chi connectivity index (χ1v) is 5.75. The fourth-order valence-electron chi connectivity index (χ4n) is 1.37. The lowest BCUT2D eigenvalue weighted by atomic mass is 10.1. The Hall–Kier alpha value is -2.77. The van der Waals surface area contributed by atoms with Gasteiger partial charge in [0.05, 0.1) is 13.0 Å². The van der Waals surface area contributed by atoms with Crippen molar-refractivity contribution in [2.24, 2.45) is 5.73 Å². The van der Waals surface area contributed by atoms with Crippen LogP contribution in [0.2, 0.25) is 0 Å². The Morgan fingerprint density at radius 2 is 1.85 bits per heavy atom. The van der Waals surface area contributed by atoms with Crippen LogP contribution in [0.1, 0.15) is 5.56 Å². The van der Waals surface area contributed by atoms with Crippen molar-refractivity contribution in [2.45, 2.75) is 6.42 Å². The van der Waals surface area contributed by atoms with Crippen LogP contribution in [0.15, 0.2) is 24.3 Å². The molecule has 0 aliphatic heterocycles. The van der Waals surface area contributed by atoms with Gasteiger partial charge in [-0.25, -0.2) is 9.59 Å². The van der Waals surface area contributed by atoms with Crippen molar-refractivity contribution >= 4 is 23.8 Å². The van der Waals surface area contributed by atoms with Crippen LogP contribution in [0.4, 0.5) is 15.3 Å². The van der Waals surface area contributed by atoms with Crippen molar-refractivity contribution in [2.75, 3.05) is 18.5 Å². The number of rotatable bonds is 6. The van der Waals surface area contributed by atoms with Gasteiger partial charge in [-0.15, -0.1) is 0 Å².